The minimum atomic E-state index is 0.349. The fraction of sp³-hybridized carbons (Fsp3) is 0.364. The van der Waals surface area contributed by atoms with E-state index in [4.69, 9.17) is 0 Å². The highest BCUT2D eigenvalue weighted by Crippen LogP contribution is 2.40. The quantitative estimate of drug-likeness (QED) is 0.154. The van der Waals surface area contributed by atoms with Gasteiger partial charge in [-0.05, 0) is 146 Å². The number of aromatic nitrogens is 4. The lowest BCUT2D eigenvalue weighted by Crippen LogP contribution is -2.17. The molecule has 48 heavy (non-hydrogen) atoms. The maximum atomic E-state index is 4.30. The van der Waals surface area contributed by atoms with Gasteiger partial charge in [0.05, 0.1) is 0 Å². The van der Waals surface area contributed by atoms with Gasteiger partial charge >= 0.3 is 0 Å². The molecular weight excluding hydrogens is 585 g/mol. The van der Waals surface area contributed by atoms with Gasteiger partial charge in [0, 0.05) is 67.8 Å². The maximum Gasteiger partial charge on any atom is 0.0447 e. The van der Waals surface area contributed by atoms with Crippen LogP contribution in [0, 0.1) is 0 Å². The van der Waals surface area contributed by atoms with Crippen LogP contribution in [-0.4, -0.2) is 19.9 Å². The van der Waals surface area contributed by atoms with Gasteiger partial charge in [-0.2, -0.15) is 0 Å². The summed E-state index contributed by atoms with van der Waals surface area (Å²) < 4.78 is 0. The first-order valence-electron chi connectivity index (χ1n) is 18.5. The number of nitrogens with one attached hydrogen (secondary N) is 4. The zero-order valence-electron chi connectivity index (χ0n) is 28.2. The van der Waals surface area contributed by atoms with Gasteiger partial charge in [-0.3, -0.25) is 0 Å². The van der Waals surface area contributed by atoms with Gasteiger partial charge in [0.15, 0.2) is 0 Å². The van der Waals surface area contributed by atoms with Gasteiger partial charge in [0.2, 0.25) is 0 Å². The van der Waals surface area contributed by atoms with Crippen molar-refractivity contribution in [1.82, 2.24) is 19.9 Å². The fourth-order valence-electron chi connectivity index (χ4n) is 10.2. The second kappa shape index (κ2) is 11.6. The molecular formula is C44H48N4. The number of fused-ring (bicyclic) bond motifs is 20. The Morgan fingerprint density at radius 1 is 0.396 bits per heavy atom. The van der Waals surface area contributed by atoms with Crippen LogP contribution in [0.5, 0.6) is 0 Å². The van der Waals surface area contributed by atoms with E-state index in [2.05, 4.69) is 94.9 Å². The molecule has 5 heterocycles. The summed E-state index contributed by atoms with van der Waals surface area (Å²) in [7, 11) is 0. The average molecular weight is 633 g/mol. The molecule has 4 aromatic rings. The van der Waals surface area contributed by atoms with E-state index in [9.17, 15) is 0 Å². The third-order valence-electron chi connectivity index (χ3n) is 12.4. The number of hydrogen-bond donors (Lipinski definition) is 4. The Labute approximate surface area is 283 Å². The van der Waals surface area contributed by atoms with E-state index in [1.54, 1.807) is 0 Å². The topological polar surface area (TPSA) is 63.2 Å². The predicted molar refractivity (Wildman–Crippen MR) is 199 cm³/mol. The number of aromatic amines is 4. The first-order chi connectivity index (χ1) is 23.6. The molecule has 0 spiro atoms. The molecule has 244 valence electrons. The molecule has 0 fully saturated rings. The Hall–Kier alpha value is -4.44. The van der Waals surface area contributed by atoms with Gasteiger partial charge in [0.1, 0.15) is 0 Å². The fourth-order valence-corrected chi connectivity index (χ4v) is 10.2. The molecule has 8 bridgehead atoms. The Morgan fingerprint density at radius 3 is 1.10 bits per heavy atom. The SMILES string of the molecule is C=CC1CCCc2c3[nH]c(c21)C=c1[nH]c(c2c1CCCC2C=C)=Cc1[nH]c(c2c1CCCC2C=C)C=c1[nH]c(c2c1CCCC2C=C)=C3. The first kappa shape index (κ1) is 29.7. The van der Waals surface area contributed by atoms with Crippen LogP contribution in [0.2, 0.25) is 0 Å². The molecule has 4 unspecified atom stereocenters. The molecule has 0 saturated carbocycles. The molecule has 4 aliphatic carbocycles. The summed E-state index contributed by atoms with van der Waals surface area (Å²) in [4.78, 5) is 15.9. The molecule has 5 aliphatic rings. The standard InChI is InChI=1S/C44H48N4/c1-5-25-13-9-17-29-33-22-38-43-27(7-3)15-11-19-31(43)35(47-38)24-40-44-28(8-4)16-12-20-32(44)36(48-40)23-39-42-26(6-2)14-10-18-30(42)34(46-39)21-37(45-33)41(25)29/h5-8,21-28,45-48H,1-4,9-20H2. The van der Waals surface area contributed by atoms with Crippen molar-refractivity contribution in [3.05, 3.63) is 139 Å². The monoisotopic (exact) mass is 632 g/mol. The van der Waals surface area contributed by atoms with E-state index in [0.29, 0.717) is 23.7 Å². The summed E-state index contributed by atoms with van der Waals surface area (Å²) in [6, 6.07) is 0. The Morgan fingerprint density at radius 2 is 0.729 bits per heavy atom. The third kappa shape index (κ3) is 4.48. The minimum Gasteiger partial charge on any atom is -0.355 e. The van der Waals surface area contributed by atoms with Crippen molar-refractivity contribution in [1.29, 1.82) is 0 Å². The van der Waals surface area contributed by atoms with Crippen molar-refractivity contribution >= 4 is 24.3 Å². The Kier molecular flexibility index (Phi) is 7.18. The molecule has 4 N–H and O–H groups in total. The molecule has 1 aliphatic heterocycles. The summed E-state index contributed by atoms with van der Waals surface area (Å²) in [6.45, 7) is 17.2. The summed E-state index contributed by atoms with van der Waals surface area (Å²) >= 11 is 0. The van der Waals surface area contributed by atoms with E-state index in [-0.39, 0.29) is 0 Å². The highest BCUT2D eigenvalue weighted by molar-refractivity contribution is 5.68. The van der Waals surface area contributed by atoms with E-state index >= 15 is 0 Å². The maximum absolute atomic E-state index is 4.30. The van der Waals surface area contributed by atoms with Crippen LogP contribution in [0.4, 0.5) is 0 Å². The number of H-pyrrole nitrogens is 4. The normalized spacial score (nSPS) is 23.8. The van der Waals surface area contributed by atoms with Crippen molar-refractivity contribution in [2.75, 3.05) is 0 Å². The molecule has 0 amide bonds. The average Bonchev–Trinajstić information content (AvgIpc) is 3.86. The Bertz CT molecular complexity index is 2090. The highest BCUT2D eigenvalue weighted by Gasteiger charge is 2.30. The van der Waals surface area contributed by atoms with Crippen LogP contribution in [0.25, 0.3) is 24.3 Å². The van der Waals surface area contributed by atoms with Crippen molar-refractivity contribution in [3.63, 3.8) is 0 Å². The van der Waals surface area contributed by atoms with Gasteiger partial charge in [0.25, 0.3) is 0 Å². The smallest absolute Gasteiger partial charge is 0.0447 e. The van der Waals surface area contributed by atoms with Gasteiger partial charge in [-0.1, -0.05) is 24.3 Å². The molecule has 4 heteroatoms. The summed E-state index contributed by atoms with van der Waals surface area (Å²) in [5.41, 5.74) is 16.5. The summed E-state index contributed by atoms with van der Waals surface area (Å²) in [5, 5.41) is 4.93. The molecule has 9 rings (SSSR count). The largest absolute Gasteiger partial charge is 0.355 e. The van der Waals surface area contributed by atoms with Crippen molar-refractivity contribution in [2.45, 2.75) is 101 Å². The zero-order chi connectivity index (χ0) is 32.5. The van der Waals surface area contributed by atoms with Gasteiger partial charge in [-0.15, -0.1) is 26.3 Å². The summed E-state index contributed by atoms with van der Waals surface area (Å²) in [5.74, 6) is 1.40. The van der Waals surface area contributed by atoms with Gasteiger partial charge < -0.3 is 19.9 Å². The molecule has 0 radical (unpaired) electrons. The van der Waals surface area contributed by atoms with Crippen LogP contribution in [0.3, 0.4) is 0 Å². The molecule has 0 saturated heterocycles. The molecule has 4 aromatic heterocycles. The number of hydrogen-bond acceptors (Lipinski definition) is 0. The second-order valence-corrected chi connectivity index (χ2v) is 14.9. The van der Waals surface area contributed by atoms with E-state index in [1.807, 2.05) is 0 Å². The highest BCUT2D eigenvalue weighted by atomic mass is 14.8. The lowest BCUT2D eigenvalue weighted by Gasteiger charge is -2.22. The molecule has 4 atom stereocenters. The van der Waals surface area contributed by atoms with Crippen molar-refractivity contribution < 1.29 is 0 Å². The third-order valence-corrected chi connectivity index (χ3v) is 12.4. The van der Waals surface area contributed by atoms with Crippen molar-refractivity contribution in [3.8, 4) is 0 Å². The van der Waals surface area contributed by atoms with Crippen LogP contribution in [0.15, 0.2) is 50.6 Å². The number of rotatable bonds is 4. The lowest BCUT2D eigenvalue weighted by molar-refractivity contribution is 0.628. The molecule has 4 nitrogen and oxygen atoms in total. The van der Waals surface area contributed by atoms with E-state index < -0.39 is 0 Å². The number of allylic oxidation sites excluding steroid dienone is 4. The van der Waals surface area contributed by atoms with Crippen LogP contribution in [-0.2, 0) is 25.7 Å². The van der Waals surface area contributed by atoms with Crippen LogP contribution < -0.4 is 21.4 Å². The Balaban J connectivity index is 1.43. The van der Waals surface area contributed by atoms with Crippen LogP contribution in [0.1, 0.15) is 142 Å². The zero-order valence-corrected chi connectivity index (χ0v) is 28.2. The van der Waals surface area contributed by atoms with E-state index in [1.165, 1.54) is 114 Å². The second-order valence-electron chi connectivity index (χ2n) is 14.9. The van der Waals surface area contributed by atoms with E-state index in [0.717, 1.165) is 51.4 Å². The van der Waals surface area contributed by atoms with Crippen LogP contribution >= 0.6 is 0 Å². The van der Waals surface area contributed by atoms with Gasteiger partial charge in [-0.25, -0.2) is 0 Å². The summed E-state index contributed by atoms with van der Waals surface area (Å²) in [6.07, 6.45) is 32.0. The first-order valence-corrected chi connectivity index (χ1v) is 18.5. The molecule has 0 aromatic carbocycles. The minimum absolute atomic E-state index is 0.349. The predicted octanol–water partition coefficient (Wildman–Crippen LogP) is 7.05. The lowest BCUT2D eigenvalue weighted by atomic mass is 9.81. The van der Waals surface area contributed by atoms with Crippen molar-refractivity contribution in [2.24, 2.45) is 0 Å².